The van der Waals surface area contributed by atoms with E-state index >= 15 is 0 Å². The average molecular weight is 429 g/mol. The van der Waals surface area contributed by atoms with Gasteiger partial charge in [-0.1, -0.05) is 70.6 Å². The largest absolute Gasteiger partial charge is 0.300 e. The third kappa shape index (κ3) is 18.1. The first-order valence-corrected chi connectivity index (χ1v) is 14.3. The lowest BCUT2D eigenvalue weighted by Crippen LogP contribution is -2.01. The van der Waals surface area contributed by atoms with E-state index in [-0.39, 0.29) is 0 Å². The predicted molar refractivity (Wildman–Crippen MR) is 128 cm³/mol. The molecule has 0 unspecified atom stereocenters. The van der Waals surface area contributed by atoms with Crippen molar-refractivity contribution in [2.24, 2.45) is 0 Å². The maximum absolute atomic E-state index is 11.4. The molecule has 0 saturated carbocycles. The van der Waals surface area contributed by atoms with Gasteiger partial charge in [0.25, 0.3) is 0 Å². The van der Waals surface area contributed by atoms with E-state index in [2.05, 4.69) is 0 Å². The summed E-state index contributed by atoms with van der Waals surface area (Å²) in [4.78, 5) is 22.7. The number of ketones is 2. The SMILES string of the molecule is O=C1CCCCCCCCCCSC1.O=C1CCCCCCCCCSCC1. The van der Waals surface area contributed by atoms with Crippen molar-refractivity contribution >= 4 is 35.1 Å². The first kappa shape index (κ1) is 26.1. The fourth-order valence-corrected chi connectivity index (χ4v) is 5.58. The minimum absolute atomic E-state index is 0.467. The van der Waals surface area contributed by atoms with Gasteiger partial charge in [0.05, 0.1) is 5.75 Å². The zero-order valence-corrected chi connectivity index (χ0v) is 19.8. The number of carbonyl (C=O) groups is 2. The zero-order valence-electron chi connectivity index (χ0n) is 18.2. The summed E-state index contributed by atoms with van der Waals surface area (Å²) < 4.78 is 0. The molecule has 0 bridgehead atoms. The molecule has 4 heteroatoms. The Hall–Kier alpha value is 0.0400. The Balaban J connectivity index is 0.000000280. The van der Waals surface area contributed by atoms with Crippen molar-refractivity contribution < 1.29 is 9.59 Å². The Morgan fingerprint density at radius 3 is 1.39 bits per heavy atom. The van der Waals surface area contributed by atoms with Gasteiger partial charge >= 0.3 is 0 Å². The van der Waals surface area contributed by atoms with Gasteiger partial charge in [-0.05, 0) is 37.2 Å². The van der Waals surface area contributed by atoms with Gasteiger partial charge in [-0.2, -0.15) is 23.5 Å². The molecule has 0 aromatic rings. The van der Waals surface area contributed by atoms with Gasteiger partial charge in [-0.25, -0.2) is 0 Å². The fraction of sp³-hybridized carbons (Fsp3) is 0.917. The van der Waals surface area contributed by atoms with Crippen LogP contribution in [-0.4, -0.2) is 34.6 Å². The van der Waals surface area contributed by atoms with E-state index in [1.54, 1.807) is 0 Å². The van der Waals surface area contributed by atoms with Crippen molar-refractivity contribution in [3.8, 4) is 0 Å². The van der Waals surface area contributed by atoms with E-state index in [1.807, 2.05) is 23.5 Å². The van der Waals surface area contributed by atoms with E-state index < -0.39 is 0 Å². The van der Waals surface area contributed by atoms with Gasteiger partial charge in [-0.15, -0.1) is 0 Å². The lowest BCUT2D eigenvalue weighted by molar-refractivity contribution is -0.119. The maximum atomic E-state index is 11.4. The van der Waals surface area contributed by atoms with Crippen LogP contribution in [0.3, 0.4) is 0 Å². The number of Topliss-reactive ketones (excluding diaryl/α,β-unsaturated/α-hetero) is 2. The van der Waals surface area contributed by atoms with Crippen LogP contribution in [0.5, 0.6) is 0 Å². The molecular formula is C24H44O2S2. The van der Waals surface area contributed by atoms with Crippen LogP contribution in [-0.2, 0) is 9.59 Å². The lowest BCUT2D eigenvalue weighted by atomic mass is 10.1. The van der Waals surface area contributed by atoms with Gasteiger partial charge in [0.1, 0.15) is 11.6 Å². The topological polar surface area (TPSA) is 34.1 Å². The summed E-state index contributed by atoms with van der Waals surface area (Å²) in [5, 5.41) is 0. The van der Waals surface area contributed by atoms with E-state index in [9.17, 15) is 9.59 Å². The molecule has 2 heterocycles. The highest BCUT2D eigenvalue weighted by molar-refractivity contribution is 8.00. The van der Waals surface area contributed by atoms with Gasteiger partial charge < -0.3 is 0 Å². The molecule has 0 aromatic heterocycles. The van der Waals surface area contributed by atoms with Crippen LogP contribution < -0.4 is 0 Å². The second kappa shape index (κ2) is 20.3. The van der Waals surface area contributed by atoms with Crippen molar-refractivity contribution in [3.63, 3.8) is 0 Å². The Morgan fingerprint density at radius 2 is 0.821 bits per heavy atom. The summed E-state index contributed by atoms with van der Waals surface area (Å²) in [6, 6.07) is 0. The average Bonchev–Trinajstić information content (AvgIpc) is 2.73. The molecule has 2 nitrogen and oxygen atoms in total. The number of thioether (sulfide) groups is 2. The molecule has 0 radical (unpaired) electrons. The van der Waals surface area contributed by atoms with E-state index in [1.165, 1.54) is 95.0 Å². The Kier molecular flexibility index (Phi) is 18.9. The number of carbonyl (C=O) groups excluding carboxylic acids is 2. The van der Waals surface area contributed by atoms with Crippen molar-refractivity contribution in [3.05, 3.63) is 0 Å². The molecule has 0 aliphatic carbocycles. The molecule has 0 N–H and O–H groups in total. The fourth-order valence-electron chi connectivity index (χ4n) is 3.67. The van der Waals surface area contributed by atoms with Crippen molar-refractivity contribution in [1.29, 1.82) is 0 Å². The van der Waals surface area contributed by atoms with Gasteiger partial charge in [-0.3, -0.25) is 9.59 Å². The molecule has 0 spiro atoms. The summed E-state index contributed by atoms with van der Waals surface area (Å²) in [5.74, 6) is 5.21. The summed E-state index contributed by atoms with van der Waals surface area (Å²) in [5.41, 5.74) is 0. The van der Waals surface area contributed by atoms with E-state index in [0.29, 0.717) is 11.6 Å². The van der Waals surface area contributed by atoms with Gasteiger partial charge in [0, 0.05) is 25.0 Å². The summed E-state index contributed by atoms with van der Waals surface area (Å²) >= 11 is 3.79. The Labute approximate surface area is 183 Å². The monoisotopic (exact) mass is 428 g/mol. The molecule has 0 amide bonds. The molecule has 0 aromatic carbocycles. The second-order valence-electron chi connectivity index (χ2n) is 8.30. The number of hydrogen-bond donors (Lipinski definition) is 0. The molecule has 2 saturated heterocycles. The highest BCUT2D eigenvalue weighted by Crippen LogP contribution is 2.15. The molecule has 0 atom stereocenters. The van der Waals surface area contributed by atoms with E-state index in [0.717, 1.165) is 43.6 Å². The molecule has 2 aliphatic heterocycles. The number of hydrogen-bond acceptors (Lipinski definition) is 4. The van der Waals surface area contributed by atoms with Crippen LogP contribution in [0.25, 0.3) is 0 Å². The minimum atomic E-state index is 0.467. The third-order valence-corrected chi connectivity index (χ3v) is 7.70. The first-order chi connectivity index (χ1) is 13.8. The van der Waals surface area contributed by atoms with Gasteiger partial charge in [0.15, 0.2) is 0 Å². The predicted octanol–water partition coefficient (Wildman–Crippen LogP) is 7.63. The van der Waals surface area contributed by atoms with E-state index in [4.69, 9.17) is 0 Å². The summed E-state index contributed by atoms with van der Waals surface area (Å²) in [6.07, 6.45) is 22.3. The minimum Gasteiger partial charge on any atom is -0.300 e. The molecule has 164 valence electrons. The molecule has 2 rings (SSSR count). The quantitative estimate of drug-likeness (QED) is 0.397. The lowest BCUT2D eigenvalue weighted by Gasteiger charge is -1.99. The van der Waals surface area contributed by atoms with Crippen molar-refractivity contribution in [2.75, 3.05) is 23.0 Å². The number of rotatable bonds is 0. The summed E-state index contributed by atoms with van der Waals surface area (Å²) in [6.45, 7) is 0. The molecule has 2 aliphatic rings. The smallest absolute Gasteiger partial charge is 0.142 e. The molecular weight excluding hydrogens is 384 g/mol. The first-order valence-electron chi connectivity index (χ1n) is 12.0. The molecule has 2 fully saturated rings. The van der Waals surface area contributed by atoms with Crippen LogP contribution in [0, 0.1) is 0 Å². The van der Waals surface area contributed by atoms with Crippen LogP contribution in [0.1, 0.15) is 116 Å². The van der Waals surface area contributed by atoms with Crippen LogP contribution in [0.2, 0.25) is 0 Å². The maximum Gasteiger partial charge on any atom is 0.142 e. The Morgan fingerprint density at radius 1 is 0.393 bits per heavy atom. The highest BCUT2D eigenvalue weighted by atomic mass is 32.2. The second-order valence-corrected chi connectivity index (χ2v) is 10.6. The van der Waals surface area contributed by atoms with Crippen LogP contribution in [0.15, 0.2) is 0 Å². The van der Waals surface area contributed by atoms with Gasteiger partial charge in [0.2, 0.25) is 0 Å². The normalized spacial score (nSPS) is 23.3. The third-order valence-electron chi connectivity index (χ3n) is 5.53. The zero-order chi connectivity index (χ0) is 20.1. The van der Waals surface area contributed by atoms with Crippen molar-refractivity contribution in [2.45, 2.75) is 116 Å². The highest BCUT2D eigenvalue weighted by Gasteiger charge is 2.04. The Bertz CT molecular complexity index is 317. The van der Waals surface area contributed by atoms with Crippen LogP contribution >= 0.6 is 23.5 Å². The van der Waals surface area contributed by atoms with Crippen LogP contribution in [0.4, 0.5) is 0 Å². The van der Waals surface area contributed by atoms with Crippen molar-refractivity contribution in [1.82, 2.24) is 0 Å². The standard InChI is InChI=1S/2C12H22OS/c13-12-8-6-4-2-1-3-5-7-10-14-11-9-12;13-12-9-7-5-3-1-2-4-6-8-10-14-11-12/h2*1-11H2. The molecule has 28 heavy (non-hydrogen) atoms. The summed E-state index contributed by atoms with van der Waals surface area (Å²) in [7, 11) is 0.